The van der Waals surface area contributed by atoms with E-state index in [0.717, 1.165) is 6.20 Å². The zero-order chi connectivity index (χ0) is 21.9. The summed E-state index contributed by atoms with van der Waals surface area (Å²) in [5.41, 5.74) is -1.63. The average molecular weight is 442 g/mol. The van der Waals surface area contributed by atoms with Gasteiger partial charge in [0, 0.05) is 23.9 Å². The lowest BCUT2D eigenvalue weighted by molar-refractivity contribution is -0.143. The summed E-state index contributed by atoms with van der Waals surface area (Å²) in [7, 11) is 0. The first-order chi connectivity index (χ1) is 14.2. The van der Waals surface area contributed by atoms with Crippen LogP contribution in [0.3, 0.4) is 0 Å². The van der Waals surface area contributed by atoms with Crippen LogP contribution in [0.2, 0.25) is 5.02 Å². The van der Waals surface area contributed by atoms with Gasteiger partial charge in [0.25, 0.3) is 5.91 Å². The summed E-state index contributed by atoms with van der Waals surface area (Å²) < 4.78 is 46.7. The second-order valence-corrected chi connectivity index (χ2v) is 7.29. The Labute approximate surface area is 175 Å². The molecule has 0 fully saturated rings. The third-order valence-corrected chi connectivity index (χ3v) is 4.42. The second kappa shape index (κ2) is 8.86. The van der Waals surface area contributed by atoms with Gasteiger partial charge in [-0.05, 0) is 24.6 Å². The van der Waals surface area contributed by atoms with Gasteiger partial charge in [0.1, 0.15) is 0 Å². The lowest BCUT2D eigenvalue weighted by Crippen LogP contribution is -2.27. The van der Waals surface area contributed by atoms with Crippen molar-refractivity contribution in [2.75, 3.05) is 6.54 Å². The number of nitrogens with zero attached hydrogens (tertiary/aromatic N) is 4. The molecule has 11 heteroatoms. The molecular formula is C19H19ClF3N5O2. The average Bonchev–Trinajstić information content (AvgIpc) is 3.32. The van der Waals surface area contributed by atoms with E-state index >= 15 is 0 Å². The summed E-state index contributed by atoms with van der Waals surface area (Å²) in [6.07, 6.45) is -3.07. The van der Waals surface area contributed by atoms with Gasteiger partial charge in [0.2, 0.25) is 5.89 Å². The molecule has 0 aliphatic carbocycles. The van der Waals surface area contributed by atoms with Crippen LogP contribution in [0.1, 0.15) is 54.0 Å². The van der Waals surface area contributed by atoms with Crippen molar-refractivity contribution in [1.29, 1.82) is 0 Å². The number of aromatic nitrogens is 4. The van der Waals surface area contributed by atoms with Crippen LogP contribution in [0.4, 0.5) is 13.2 Å². The molecule has 2 aromatic heterocycles. The van der Waals surface area contributed by atoms with Gasteiger partial charge in [-0.2, -0.15) is 23.3 Å². The van der Waals surface area contributed by atoms with Crippen LogP contribution < -0.4 is 5.32 Å². The number of amides is 1. The molecule has 7 nitrogen and oxygen atoms in total. The van der Waals surface area contributed by atoms with E-state index < -0.39 is 23.3 Å². The summed E-state index contributed by atoms with van der Waals surface area (Å²) in [6.45, 7) is 3.99. The van der Waals surface area contributed by atoms with Crippen molar-refractivity contribution in [3.8, 4) is 5.69 Å². The van der Waals surface area contributed by atoms with Gasteiger partial charge in [0.15, 0.2) is 11.5 Å². The minimum Gasteiger partial charge on any atom is -0.352 e. The van der Waals surface area contributed by atoms with E-state index in [9.17, 15) is 18.0 Å². The van der Waals surface area contributed by atoms with Crippen LogP contribution in [0.5, 0.6) is 0 Å². The van der Waals surface area contributed by atoms with Gasteiger partial charge in [-0.3, -0.25) is 4.79 Å². The molecule has 0 radical (unpaired) electrons. The number of carbonyl (C=O) groups excluding carboxylic acids is 1. The van der Waals surface area contributed by atoms with E-state index in [4.69, 9.17) is 16.1 Å². The van der Waals surface area contributed by atoms with Gasteiger partial charge in [-0.1, -0.05) is 36.7 Å². The van der Waals surface area contributed by atoms with E-state index in [0.29, 0.717) is 29.2 Å². The SMILES string of the molecule is CC(C)c1noc(CCCNC(=O)c2cnn(-c3cccc(Cl)c3)c2C(F)(F)F)n1. The van der Waals surface area contributed by atoms with Crippen LogP contribution >= 0.6 is 11.6 Å². The summed E-state index contributed by atoms with van der Waals surface area (Å²) in [5, 5.41) is 10.3. The minimum absolute atomic E-state index is 0.103. The highest BCUT2D eigenvalue weighted by Crippen LogP contribution is 2.34. The van der Waals surface area contributed by atoms with Crippen LogP contribution in [0.25, 0.3) is 5.69 Å². The molecule has 1 amide bonds. The summed E-state index contributed by atoms with van der Waals surface area (Å²) in [4.78, 5) is 16.6. The Morgan fingerprint density at radius 3 is 2.73 bits per heavy atom. The third kappa shape index (κ3) is 4.99. The highest BCUT2D eigenvalue weighted by atomic mass is 35.5. The molecule has 0 bridgehead atoms. The molecule has 0 aliphatic rings. The molecule has 3 rings (SSSR count). The monoisotopic (exact) mass is 441 g/mol. The quantitative estimate of drug-likeness (QED) is 0.549. The number of hydrogen-bond acceptors (Lipinski definition) is 5. The Balaban J connectivity index is 1.69. The van der Waals surface area contributed by atoms with Gasteiger partial charge >= 0.3 is 6.18 Å². The maximum atomic E-state index is 13.7. The van der Waals surface area contributed by atoms with E-state index in [2.05, 4.69) is 20.6 Å². The lowest BCUT2D eigenvalue weighted by Gasteiger charge is -2.13. The molecular weight excluding hydrogens is 423 g/mol. The standard InChI is InChI=1S/C19H19ClF3N5O2/c1-11(2)17-26-15(30-27-17)7-4-8-24-18(29)14-10-25-28(16(14)19(21,22)23)13-6-3-5-12(20)9-13/h3,5-6,9-11H,4,7-8H2,1-2H3,(H,24,29). The van der Waals surface area contributed by atoms with Crippen molar-refractivity contribution in [2.45, 2.75) is 38.8 Å². The van der Waals surface area contributed by atoms with Crippen molar-refractivity contribution in [3.05, 3.63) is 58.5 Å². The number of hydrogen-bond donors (Lipinski definition) is 1. The Morgan fingerprint density at radius 1 is 1.33 bits per heavy atom. The van der Waals surface area contributed by atoms with Crippen molar-refractivity contribution < 1.29 is 22.5 Å². The predicted molar refractivity (Wildman–Crippen MR) is 103 cm³/mol. The molecule has 1 aromatic carbocycles. The van der Waals surface area contributed by atoms with E-state index in [1.807, 2.05) is 13.8 Å². The first-order valence-corrected chi connectivity index (χ1v) is 9.56. The van der Waals surface area contributed by atoms with Gasteiger partial charge in [-0.25, -0.2) is 4.68 Å². The summed E-state index contributed by atoms with van der Waals surface area (Å²) in [5.74, 6) is 0.248. The fourth-order valence-corrected chi connectivity index (χ4v) is 2.92. The van der Waals surface area contributed by atoms with Gasteiger partial charge in [0.05, 0.1) is 17.4 Å². The molecule has 30 heavy (non-hydrogen) atoms. The van der Waals surface area contributed by atoms with Crippen LogP contribution in [-0.2, 0) is 12.6 Å². The van der Waals surface area contributed by atoms with Crippen molar-refractivity contribution in [3.63, 3.8) is 0 Å². The molecule has 0 atom stereocenters. The van der Waals surface area contributed by atoms with Crippen LogP contribution in [0.15, 0.2) is 35.0 Å². The number of halogens is 4. The predicted octanol–water partition coefficient (Wildman–Crippen LogP) is 4.41. The Bertz CT molecular complexity index is 1030. The molecule has 2 heterocycles. The molecule has 0 unspecified atom stereocenters. The summed E-state index contributed by atoms with van der Waals surface area (Å²) >= 11 is 5.87. The number of alkyl halides is 3. The van der Waals surface area contributed by atoms with Gasteiger partial charge in [-0.15, -0.1) is 0 Å². The van der Waals surface area contributed by atoms with E-state index in [-0.39, 0.29) is 23.2 Å². The fourth-order valence-electron chi connectivity index (χ4n) is 2.73. The zero-order valence-corrected chi connectivity index (χ0v) is 17.0. The highest BCUT2D eigenvalue weighted by Gasteiger charge is 2.40. The molecule has 3 aromatic rings. The number of nitrogens with one attached hydrogen (secondary N) is 1. The molecule has 0 aliphatic heterocycles. The molecule has 0 saturated heterocycles. The number of aryl methyl sites for hydroxylation is 1. The lowest BCUT2D eigenvalue weighted by atomic mass is 10.2. The summed E-state index contributed by atoms with van der Waals surface area (Å²) in [6, 6.07) is 5.79. The number of benzene rings is 1. The smallest absolute Gasteiger partial charge is 0.352 e. The topological polar surface area (TPSA) is 85.8 Å². The second-order valence-electron chi connectivity index (χ2n) is 6.86. The Hall–Kier alpha value is -2.88. The molecule has 0 spiro atoms. The largest absolute Gasteiger partial charge is 0.434 e. The first kappa shape index (κ1) is 21.8. The van der Waals surface area contributed by atoms with Crippen molar-refractivity contribution >= 4 is 17.5 Å². The fraction of sp³-hybridized carbons (Fsp3) is 0.368. The molecule has 0 saturated carbocycles. The highest BCUT2D eigenvalue weighted by molar-refractivity contribution is 6.30. The normalized spacial score (nSPS) is 11.8. The Morgan fingerprint density at radius 2 is 2.10 bits per heavy atom. The zero-order valence-electron chi connectivity index (χ0n) is 16.2. The third-order valence-electron chi connectivity index (χ3n) is 4.19. The van der Waals surface area contributed by atoms with Crippen molar-refractivity contribution in [1.82, 2.24) is 25.2 Å². The van der Waals surface area contributed by atoms with E-state index in [1.165, 1.54) is 24.3 Å². The van der Waals surface area contributed by atoms with Gasteiger partial charge < -0.3 is 9.84 Å². The first-order valence-electron chi connectivity index (χ1n) is 9.18. The van der Waals surface area contributed by atoms with Crippen molar-refractivity contribution in [2.24, 2.45) is 0 Å². The van der Waals surface area contributed by atoms with Crippen LogP contribution in [0, 0.1) is 0 Å². The molecule has 1 N–H and O–H groups in total. The van der Waals surface area contributed by atoms with E-state index in [1.54, 1.807) is 0 Å². The molecule has 160 valence electrons. The van der Waals surface area contributed by atoms with Crippen LogP contribution in [-0.4, -0.2) is 32.4 Å². The Kier molecular flexibility index (Phi) is 6.45. The number of rotatable bonds is 7. The minimum atomic E-state index is -4.79. The number of carbonyl (C=O) groups is 1. The maximum absolute atomic E-state index is 13.7. The maximum Gasteiger partial charge on any atom is 0.434 e.